The van der Waals surface area contributed by atoms with Gasteiger partial charge in [-0.25, -0.2) is 23.1 Å². The summed E-state index contributed by atoms with van der Waals surface area (Å²) in [5.74, 6) is -4.24. The Morgan fingerprint density at radius 2 is 2.07 bits per heavy atom. The quantitative estimate of drug-likeness (QED) is 0.830. The summed E-state index contributed by atoms with van der Waals surface area (Å²) in [6.45, 7) is 1.85. The molecule has 158 valence electrons. The summed E-state index contributed by atoms with van der Waals surface area (Å²) in [6, 6.07) is 6.06. The third kappa shape index (κ3) is 3.88. The Hall–Kier alpha value is -2.97. The smallest absolute Gasteiger partial charge is 0.270 e. The number of amides is 2. The number of aromatic nitrogens is 2. The first kappa shape index (κ1) is 20.3. The molecule has 2 atom stereocenters. The molecule has 1 aromatic carbocycles. The van der Waals surface area contributed by atoms with Crippen molar-refractivity contribution in [1.29, 1.82) is 0 Å². The van der Waals surface area contributed by atoms with Crippen molar-refractivity contribution in [2.75, 3.05) is 11.4 Å². The van der Waals surface area contributed by atoms with Crippen molar-refractivity contribution in [3.05, 3.63) is 53.9 Å². The number of nitrogens with zero attached hydrogens (tertiary/aromatic N) is 3. The molecule has 1 saturated heterocycles. The van der Waals surface area contributed by atoms with Crippen LogP contribution in [0.15, 0.2) is 36.5 Å². The first-order valence-corrected chi connectivity index (χ1v) is 9.73. The number of anilines is 1. The van der Waals surface area contributed by atoms with Crippen molar-refractivity contribution in [2.24, 2.45) is 5.41 Å². The molecule has 4 rings (SSSR count). The molecule has 2 aromatic rings. The van der Waals surface area contributed by atoms with E-state index in [9.17, 15) is 22.8 Å². The van der Waals surface area contributed by atoms with E-state index in [1.54, 1.807) is 13.0 Å². The normalized spacial score (nSPS) is 25.5. The number of hydrogen-bond donors (Lipinski definition) is 1. The van der Waals surface area contributed by atoms with Crippen molar-refractivity contribution in [2.45, 2.75) is 44.6 Å². The average Bonchev–Trinajstić information content (AvgIpc) is 2.95. The van der Waals surface area contributed by atoms with Crippen LogP contribution in [0.5, 0.6) is 0 Å². The van der Waals surface area contributed by atoms with Gasteiger partial charge in [0.25, 0.3) is 11.8 Å². The number of nitrogens with one attached hydrogen (secondary N) is 1. The Morgan fingerprint density at radius 1 is 1.27 bits per heavy atom. The number of halogens is 3. The highest BCUT2D eigenvalue weighted by Gasteiger charge is 2.57. The van der Waals surface area contributed by atoms with Gasteiger partial charge < -0.3 is 10.2 Å². The van der Waals surface area contributed by atoms with Gasteiger partial charge in [0.1, 0.15) is 17.3 Å². The van der Waals surface area contributed by atoms with Crippen molar-refractivity contribution in [1.82, 2.24) is 15.3 Å². The van der Waals surface area contributed by atoms with Gasteiger partial charge in [-0.3, -0.25) is 9.59 Å². The molecule has 0 radical (unpaired) electrons. The van der Waals surface area contributed by atoms with Crippen LogP contribution in [0.2, 0.25) is 0 Å². The highest BCUT2D eigenvalue weighted by Crippen LogP contribution is 2.51. The van der Waals surface area contributed by atoms with Crippen molar-refractivity contribution in [3.63, 3.8) is 0 Å². The number of carbonyl (C=O) groups excluding carboxylic acids is 2. The van der Waals surface area contributed by atoms with Crippen LogP contribution < -0.4 is 10.2 Å². The number of aryl methyl sites for hydroxylation is 1. The SMILES string of the molecule is Cc1nccc(C(=O)NC2CC(F)(F)C[C@@]3(CCN(c4cccc(F)c4)C3=O)C2)n1. The molecule has 1 aromatic heterocycles. The first-order chi connectivity index (χ1) is 14.2. The van der Waals surface area contributed by atoms with Gasteiger partial charge in [-0.05, 0) is 44.0 Å². The third-order valence-electron chi connectivity index (χ3n) is 5.76. The lowest BCUT2D eigenvalue weighted by Crippen LogP contribution is -2.52. The number of rotatable bonds is 3. The summed E-state index contributed by atoms with van der Waals surface area (Å²) in [6.07, 6.45) is 0.618. The zero-order valence-electron chi connectivity index (χ0n) is 16.4. The Balaban J connectivity index is 1.55. The van der Waals surface area contributed by atoms with E-state index in [-0.39, 0.29) is 25.1 Å². The standard InChI is InChI=1S/C21H21F3N4O2/c1-13-25-7-5-17(26-13)18(29)27-15-10-20(12-21(23,24)11-15)6-8-28(19(20)30)16-4-2-3-14(22)9-16/h2-5,7,9,15H,6,8,10-12H2,1H3,(H,27,29)/t15?,20-/m1/s1. The van der Waals surface area contributed by atoms with E-state index in [2.05, 4.69) is 15.3 Å². The molecule has 0 bridgehead atoms. The molecule has 9 heteroatoms. The Morgan fingerprint density at radius 3 is 2.80 bits per heavy atom. The van der Waals surface area contributed by atoms with E-state index in [1.165, 1.54) is 35.4 Å². The van der Waals surface area contributed by atoms with Gasteiger partial charge in [0.15, 0.2) is 0 Å². The van der Waals surface area contributed by atoms with Crippen LogP contribution in [0.3, 0.4) is 0 Å². The van der Waals surface area contributed by atoms with Crippen LogP contribution in [-0.2, 0) is 4.79 Å². The molecule has 30 heavy (non-hydrogen) atoms. The molecular formula is C21H21F3N4O2. The van der Waals surface area contributed by atoms with E-state index in [0.29, 0.717) is 11.5 Å². The molecule has 1 unspecified atom stereocenters. The second-order valence-corrected chi connectivity index (χ2v) is 8.07. The van der Waals surface area contributed by atoms with Crippen molar-refractivity contribution in [3.8, 4) is 0 Å². The molecule has 2 heterocycles. The van der Waals surface area contributed by atoms with Gasteiger partial charge in [-0.2, -0.15) is 0 Å². The monoisotopic (exact) mass is 418 g/mol. The summed E-state index contributed by atoms with van der Waals surface area (Å²) >= 11 is 0. The predicted molar refractivity (Wildman–Crippen MR) is 103 cm³/mol. The van der Waals surface area contributed by atoms with Crippen molar-refractivity contribution >= 4 is 17.5 Å². The maximum Gasteiger partial charge on any atom is 0.270 e. The van der Waals surface area contributed by atoms with Gasteiger partial charge in [0, 0.05) is 37.3 Å². The fourth-order valence-corrected chi connectivity index (χ4v) is 4.55. The molecule has 1 aliphatic heterocycles. The number of carbonyl (C=O) groups is 2. The van der Waals surface area contributed by atoms with Crippen LogP contribution in [0.1, 0.15) is 42.0 Å². The van der Waals surface area contributed by atoms with Crippen LogP contribution in [-0.4, -0.2) is 40.3 Å². The van der Waals surface area contributed by atoms with E-state index in [1.807, 2.05) is 0 Å². The maximum atomic E-state index is 14.6. The summed E-state index contributed by atoms with van der Waals surface area (Å²) in [5, 5.41) is 2.61. The molecule has 6 nitrogen and oxygen atoms in total. The number of benzene rings is 1. The minimum Gasteiger partial charge on any atom is -0.348 e. The molecule has 1 aliphatic carbocycles. The van der Waals surface area contributed by atoms with E-state index < -0.39 is 47.9 Å². The highest BCUT2D eigenvalue weighted by atomic mass is 19.3. The van der Waals surface area contributed by atoms with Crippen LogP contribution >= 0.6 is 0 Å². The first-order valence-electron chi connectivity index (χ1n) is 9.73. The second kappa shape index (κ2) is 7.37. The van der Waals surface area contributed by atoms with Crippen LogP contribution in [0.25, 0.3) is 0 Å². The fourth-order valence-electron chi connectivity index (χ4n) is 4.55. The highest BCUT2D eigenvalue weighted by molar-refractivity contribution is 6.00. The minimum atomic E-state index is -3.11. The zero-order chi connectivity index (χ0) is 21.5. The van der Waals surface area contributed by atoms with Gasteiger partial charge >= 0.3 is 0 Å². The summed E-state index contributed by atoms with van der Waals surface area (Å²) < 4.78 is 42.8. The lowest BCUT2D eigenvalue weighted by molar-refractivity contribution is -0.140. The summed E-state index contributed by atoms with van der Waals surface area (Å²) in [5.41, 5.74) is -0.861. The topological polar surface area (TPSA) is 75.2 Å². The maximum absolute atomic E-state index is 14.6. The Labute approximate surface area is 171 Å². The summed E-state index contributed by atoms with van der Waals surface area (Å²) in [7, 11) is 0. The number of hydrogen-bond acceptors (Lipinski definition) is 4. The lowest BCUT2D eigenvalue weighted by Gasteiger charge is -2.41. The van der Waals surface area contributed by atoms with Crippen molar-refractivity contribution < 1.29 is 22.8 Å². The van der Waals surface area contributed by atoms with Crippen LogP contribution in [0, 0.1) is 18.2 Å². The molecule has 1 saturated carbocycles. The van der Waals surface area contributed by atoms with Crippen LogP contribution in [0.4, 0.5) is 18.9 Å². The zero-order valence-corrected chi connectivity index (χ0v) is 16.4. The molecule has 1 spiro atoms. The largest absolute Gasteiger partial charge is 0.348 e. The third-order valence-corrected chi connectivity index (χ3v) is 5.76. The van der Waals surface area contributed by atoms with E-state index in [4.69, 9.17) is 0 Å². The van der Waals surface area contributed by atoms with Gasteiger partial charge in [-0.1, -0.05) is 6.07 Å². The lowest BCUT2D eigenvalue weighted by atomic mass is 9.69. The Kier molecular flexibility index (Phi) is 4.99. The number of alkyl halides is 2. The van der Waals surface area contributed by atoms with E-state index >= 15 is 0 Å². The van der Waals surface area contributed by atoms with Gasteiger partial charge in [0.05, 0.1) is 5.41 Å². The van der Waals surface area contributed by atoms with E-state index in [0.717, 1.165) is 0 Å². The average molecular weight is 418 g/mol. The minimum absolute atomic E-state index is 0.0876. The summed E-state index contributed by atoms with van der Waals surface area (Å²) in [4.78, 5) is 35.0. The molecule has 1 N–H and O–H groups in total. The van der Waals surface area contributed by atoms with Gasteiger partial charge in [0.2, 0.25) is 5.91 Å². The molecule has 2 amide bonds. The predicted octanol–water partition coefficient (Wildman–Crippen LogP) is 3.27. The fraction of sp³-hybridized carbons (Fsp3) is 0.429. The molecular weight excluding hydrogens is 397 g/mol. The Bertz CT molecular complexity index is 1000. The molecule has 2 aliphatic rings. The second-order valence-electron chi connectivity index (χ2n) is 8.07. The molecule has 2 fully saturated rings. The van der Waals surface area contributed by atoms with Gasteiger partial charge in [-0.15, -0.1) is 0 Å².